The standard InChI is InChI=1S/C15H12N2O5/c1-8-9(14(19)20)4-2-6-11(8)17-13(18)10-5-3-7-16-12(10)15(21)22/h2-7H,1H3,(H,17,18)(H,19,20)(H,21,22)/p-2. The van der Waals surface area contributed by atoms with E-state index < -0.39 is 23.5 Å². The normalized spacial score (nSPS) is 10.0. The first-order valence-corrected chi connectivity index (χ1v) is 6.20. The van der Waals surface area contributed by atoms with Crippen LogP contribution in [0.25, 0.3) is 0 Å². The minimum absolute atomic E-state index is 0.0656. The van der Waals surface area contributed by atoms with Gasteiger partial charge >= 0.3 is 0 Å². The van der Waals surface area contributed by atoms with Crippen molar-refractivity contribution in [3.8, 4) is 0 Å². The van der Waals surface area contributed by atoms with Gasteiger partial charge in [0, 0.05) is 17.4 Å². The van der Waals surface area contributed by atoms with E-state index in [1.54, 1.807) is 0 Å². The molecule has 0 atom stereocenters. The van der Waals surface area contributed by atoms with Crippen LogP contribution in [0.4, 0.5) is 5.69 Å². The average Bonchev–Trinajstić information content (AvgIpc) is 2.49. The maximum absolute atomic E-state index is 12.2. The molecule has 22 heavy (non-hydrogen) atoms. The van der Waals surface area contributed by atoms with Gasteiger partial charge < -0.3 is 25.1 Å². The number of nitrogens with zero attached hydrogens (tertiary/aromatic N) is 1. The van der Waals surface area contributed by atoms with E-state index in [4.69, 9.17) is 0 Å². The topological polar surface area (TPSA) is 122 Å². The van der Waals surface area contributed by atoms with Crippen LogP contribution in [-0.4, -0.2) is 22.8 Å². The first kappa shape index (κ1) is 15.2. The van der Waals surface area contributed by atoms with Crippen LogP contribution >= 0.6 is 0 Å². The minimum Gasteiger partial charge on any atom is -0.545 e. The van der Waals surface area contributed by atoms with Gasteiger partial charge in [0.2, 0.25) is 0 Å². The molecular formula is C15H10N2O5-2. The van der Waals surface area contributed by atoms with E-state index >= 15 is 0 Å². The lowest BCUT2D eigenvalue weighted by Gasteiger charge is -2.14. The summed E-state index contributed by atoms with van der Waals surface area (Å²) in [5.74, 6) is -3.68. The summed E-state index contributed by atoms with van der Waals surface area (Å²) < 4.78 is 0. The smallest absolute Gasteiger partial charge is 0.257 e. The number of carbonyl (C=O) groups excluding carboxylic acids is 3. The van der Waals surface area contributed by atoms with Crippen molar-refractivity contribution in [2.45, 2.75) is 6.92 Å². The molecule has 0 fully saturated rings. The van der Waals surface area contributed by atoms with Crippen molar-refractivity contribution >= 4 is 23.5 Å². The molecule has 7 nitrogen and oxygen atoms in total. The Hall–Kier alpha value is -3.22. The Labute approximate surface area is 125 Å². The number of hydrogen-bond donors (Lipinski definition) is 1. The molecule has 1 heterocycles. The first-order valence-electron chi connectivity index (χ1n) is 6.20. The van der Waals surface area contributed by atoms with Gasteiger partial charge in [-0.15, -0.1) is 0 Å². The van der Waals surface area contributed by atoms with Crippen molar-refractivity contribution in [3.05, 3.63) is 58.9 Å². The van der Waals surface area contributed by atoms with Crippen molar-refractivity contribution < 1.29 is 24.6 Å². The van der Waals surface area contributed by atoms with E-state index in [0.717, 1.165) is 0 Å². The molecule has 112 valence electrons. The zero-order valence-electron chi connectivity index (χ0n) is 11.5. The maximum Gasteiger partial charge on any atom is 0.257 e. The van der Waals surface area contributed by atoms with Crippen molar-refractivity contribution in [1.29, 1.82) is 0 Å². The lowest BCUT2D eigenvalue weighted by molar-refractivity contribution is -0.256. The Balaban J connectivity index is 2.37. The molecule has 0 aliphatic heterocycles. The van der Waals surface area contributed by atoms with Gasteiger partial charge in [0.05, 0.1) is 23.2 Å². The summed E-state index contributed by atoms with van der Waals surface area (Å²) in [6, 6.07) is 6.97. The fraction of sp³-hybridized carbons (Fsp3) is 0.0667. The second-order valence-electron chi connectivity index (χ2n) is 4.41. The highest BCUT2D eigenvalue weighted by Gasteiger charge is 2.14. The van der Waals surface area contributed by atoms with E-state index in [1.807, 2.05) is 0 Å². The van der Waals surface area contributed by atoms with Gasteiger partial charge in [-0.1, -0.05) is 12.1 Å². The molecule has 7 heteroatoms. The second kappa shape index (κ2) is 6.04. The van der Waals surface area contributed by atoms with Crippen LogP contribution in [-0.2, 0) is 0 Å². The van der Waals surface area contributed by atoms with Crippen LogP contribution < -0.4 is 15.5 Å². The van der Waals surface area contributed by atoms with Gasteiger partial charge in [-0.05, 0) is 30.7 Å². The highest BCUT2D eigenvalue weighted by atomic mass is 16.4. The Bertz CT molecular complexity index is 770. The molecular weight excluding hydrogens is 288 g/mol. The number of amides is 1. The van der Waals surface area contributed by atoms with Gasteiger partial charge in [-0.3, -0.25) is 9.78 Å². The molecule has 0 saturated heterocycles. The third-order valence-corrected chi connectivity index (χ3v) is 3.05. The number of carboxylic acids is 2. The van der Waals surface area contributed by atoms with E-state index in [1.165, 1.54) is 43.5 Å². The largest absolute Gasteiger partial charge is 0.545 e. The zero-order valence-corrected chi connectivity index (χ0v) is 11.5. The number of nitrogens with one attached hydrogen (secondary N) is 1. The molecule has 0 aliphatic rings. The van der Waals surface area contributed by atoms with Crippen LogP contribution in [0.5, 0.6) is 0 Å². The number of hydrogen-bond acceptors (Lipinski definition) is 6. The number of carbonyl (C=O) groups is 3. The van der Waals surface area contributed by atoms with Crippen molar-refractivity contribution in [3.63, 3.8) is 0 Å². The van der Waals surface area contributed by atoms with E-state index in [2.05, 4.69) is 10.3 Å². The molecule has 0 bridgehead atoms. The second-order valence-corrected chi connectivity index (χ2v) is 4.41. The van der Waals surface area contributed by atoms with Gasteiger partial charge in [0.25, 0.3) is 5.91 Å². The number of benzene rings is 1. The quantitative estimate of drug-likeness (QED) is 0.801. The third-order valence-electron chi connectivity index (χ3n) is 3.05. The fourth-order valence-corrected chi connectivity index (χ4v) is 1.93. The molecule has 2 aromatic rings. The molecule has 0 aliphatic carbocycles. The maximum atomic E-state index is 12.2. The average molecular weight is 298 g/mol. The Morgan fingerprint density at radius 3 is 2.32 bits per heavy atom. The third kappa shape index (κ3) is 2.93. The molecule has 0 unspecified atom stereocenters. The van der Waals surface area contributed by atoms with E-state index in [0.29, 0.717) is 5.56 Å². The van der Waals surface area contributed by atoms with E-state index in [9.17, 15) is 24.6 Å². The van der Waals surface area contributed by atoms with Crippen LogP contribution in [0.3, 0.4) is 0 Å². The van der Waals surface area contributed by atoms with Gasteiger partial charge in [-0.2, -0.15) is 0 Å². The number of aromatic nitrogens is 1. The van der Waals surface area contributed by atoms with Crippen LogP contribution in [0.1, 0.15) is 36.8 Å². The number of pyridine rings is 1. The summed E-state index contributed by atoms with van der Waals surface area (Å²) in [5, 5.41) is 24.4. The summed E-state index contributed by atoms with van der Waals surface area (Å²) >= 11 is 0. The number of rotatable bonds is 4. The Morgan fingerprint density at radius 2 is 1.68 bits per heavy atom. The highest BCUT2D eigenvalue weighted by Crippen LogP contribution is 2.19. The Morgan fingerprint density at radius 1 is 1.00 bits per heavy atom. The SMILES string of the molecule is Cc1c(NC(=O)c2cccnc2C(=O)[O-])cccc1C(=O)[O-]. The monoisotopic (exact) mass is 298 g/mol. The number of anilines is 1. The first-order chi connectivity index (χ1) is 10.4. The van der Waals surface area contributed by atoms with Crippen molar-refractivity contribution in [2.75, 3.05) is 5.32 Å². The predicted molar refractivity (Wildman–Crippen MR) is 72.0 cm³/mol. The van der Waals surface area contributed by atoms with Crippen molar-refractivity contribution in [1.82, 2.24) is 4.98 Å². The molecule has 0 radical (unpaired) electrons. The summed E-state index contributed by atoms with van der Waals surface area (Å²) in [5.41, 5.74) is -0.201. The van der Waals surface area contributed by atoms with Gasteiger partial charge in [-0.25, -0.2) is 0 Å². The molecule has 1 aromatic heterocycles. The highest BCUT2D eigenvalue weighted by molar-refractivity contribution is 6.10. The summed E-state index contributed by atoms with van der Waals surface area (Å²) in [6.07, 6.45) is 1.23. The van der Waals surface area contributed by atoms with Crippen LogP contribution in [0.2, 0.25) is 0 Å². The predicted octanol–water partition coefficient (Wildman–Crippen LogP) is -0.631. The lowest BCUT2D eigenvalue weighted by atomic mass is 10.1. The van der Waals surface area contributed by atoms with Gasteiger partial charge in [0.1, 0.15) is 0 Å². The molecule has 2 rings (SSSR count). The molecule has 1 aromatic carbocycles. The zero-order chi connectivity index (χ0) is 16.3. The molecule has 0 spiro atoms. The van der Waals surface area contributed by atoms with E-state index in [-0.39, 0.29) is 16.8 Å². The van der Waals surface area contributed by atoms with Crippen LogP contribution in [0.15, 0.2) is 36.5 Å². The summed E-state index contributed by atoms with van der Waals surface area (Å²) in [7, 11) is 0. The minimum atomic E-state index is -1.58. The van der Waals surface area contributed by atoms with Gasteiger partial charge in [0.15, 0.2) is 0 Å². The van der Waals surface area contributed by atoms with Crippen molar-refractivity contribution in [2.24, 2.45) is 0 Å². The lowest BCUT2D eigenvalue weighted by Crippen LogP contribution is -2.28. The number of aromatic carboxylic acids is 2. The summed E-state index contributed by atoms with van der Waals surface area (Å²) in [4.78, 5) is 37.7. The Kier molecular flexibility index (Phi) is 4.17. The summed E-state index contributed by atoms with van der Waals surface area (Å²) in [6.45, 7) is 1.50. The number of carboxylic acid groups (broad SMARTS) is 2. The molecule has 1 amide bonds. The van der Waals surface area contributed by atoms with Crippen LogP contribution in [0, 0.1) is 6.92 Å². The molecule has 1 N–H and O–H groups in total. The fourth-order valence-electron chi connectivity index (χ4n) is 1.93. The molecule has 0 saturated carbocycles.